The number of rotatable bonds is 3. The number of carbonyl (C=O) groups excluding carboxylic acids is 1. The minimum atomic E-state index is -0.158. The van der Waals surface area contributed by atoms with E-state index in [9.17, 15) is 4.79 Å². The van der Waals surface area contributed by atoms with E-state index in [1.807, 2.05) is 32.3 Å². The maximum atomic E-state index is 12.0. The first-order valence-electron chi connectivity index (χ1n) is 5.68. The van der Waals surface area contributed by atoms with Crippen LogP contribution in [0, 0.1) is 6.92 Å². The molecule has 18 heavy (non-hydrogen) atoms. The predicted molar refractivity (Wildman–Crippen MR) is 70.0 cm³/mol. The van der Waals surface area contributed by atoms with E-state index in [0.29, 0.717) is 17.8 Å². The molecule has 1 amide bonds. The Morgan fingerprint density at radius 2 is 2.28 bits per heavy atom. The quantitative estimate of drug-likeness (QED) is 0.798. The predicted octanol–water partition coefficient (Wildman–Crippen LogP) is 1.24. The highest BCUT2D eigenvalue weighted by molar-refractivity contribution is 6.00. The summed E-state index contributed by atoms with van der Waals surface area (Å²) in [5.41, 5.74) is 8.69. The number of hydrogen-bond acceptors (Lipinski definition) is 3. The minimum Gasteiger partial charge on any atom is -0.398 e. The van der Waals surface area contributed by atoms with Gasteiger partial charge < -0.3 is 11.1 Å². The van der Waals surface area contributed by atoms with Crippen LogP contribution in [0.3, 0.4) is 0 Å². The minimum absolute atomic E-state index is 0.158. The second kappa shape index (κ2) is 4.91. The van der Waals surface area contributed by atoms with Crippen molar-refractivity contribution in [3.05, 3.63) is 47.3 Å². The number of nitrogen functional groups attached to an aromatic ring is 1. The Balaban J connectivity index is 2.08. The van der Waals surface area contributed by atoms with Gasteiger partial charge in [0.2, 0.25) is 0 Å². The average Bonchev–Trinajstić information content (AvgIpc) is 2.72. The van der Waals surface area contributed by atoms with Crippen LogP contribution in [0.4, 0.5) is 5.69 Å². The van der Waals surface area contributed by atoms with Crippen molar-refractivity contribution in [1.29, 1.82) is 0 Å². The Kier molecular flexibility index (Phi) is 3.32. The summed E-state index contributed by atoms with van der Waals surface area (Å²) in [6, 6.07) is 5.43. The zero-order valence-corrected chi connectivity index (χ0v) is 10.5. The van der Waals surface area contributed by atoms with Gasteiger partial charge in [-0.05, 0) is 18.6 Å². The SMILES string of the molecule is Cc1cccc(N)c1C(=O)NCc1cnn(C)c1. The summed E-state index contributed by atoms with van der Waals surface area (Å²) in [5, 5.41) is 6.88. The van der Waals surface area contributed by atoms with Crippen molar-refractivity contribution in [2.75, 3.05) is 5.73 Å². The van der Waals surface area contributed by atoms with E-state index in [0.717, 1.165) is 11.1 Å². The molecule has 1 heterocycles. The van der Waals surface area contributed by atoms with Crippen LogP contribution < -0.4 is 11.1 Å². The third-order valence-corrected chi connectivity index (χ3v) is 2.74. The lowest BCUT2D eigenvalue weighted by Crippen LogP contribution is -2.24. The lowest BCUT2D eigenvalue weighted by molar-refractivity contribution is 0.0951. The van der Waals surface area contributed by atoms with Gasteiger partial charge in [-0.1, -0.05) is 12.1 Å². The molecule has 0 aliphatic heterocycles. The average molecular weight is 244 g/mol. The molecule has 0 fully saturated rings. The van der Waals surface area contributed by atoms with Gasteiger partial charge in [-0.15, -0.1) is 0 Å². The highest BCUT2D eigenvalue weighted by atomic mass is 16.1. The molecule has 0 saturated heterocycles. The smallest absolute Gasteiger partial charge is 0.253 e. The molecular formula is C13H16N4O. The van der Waals surface area contributed by atoms with E-state index in [1.165, 1.54) is 0 Å². The van der Waals surface area contributed by atoms with E-state index in [2.05, 4.69) is 10.4 Å². The third kappa shape index (κ3) is 2.51. The van der Waals surface area contributed by atoms with E-state index < -0.39 is 0 Å². The lowest BCUT2D eigenvalue weighted by atomic mass is 10.1. The van der Waals surface area contributed by atoms with E-state index in [1.54, 1.807) is 16.9 Å². The second-order valence-electron chi connectivity index (χ2n) is 4.24. The highest BCUT2D eigenvalue weighted by Crippen LogP contribution is 2.15. The summed E-state index contributed by atoms with van der Waals surface area (Å²) in [7, 11) is 1.84. The molecule has 3 N–H and O–H groups in total. The summed E-state index contributed by atoms with van der Waals surface area (Å²) in [6.07, 6.45) is 3.59. The number of aromatic nitrogens is 2. The second-order valence-corrected chi connectivity index (χ2v) is 4.24. The monoisotopic (exact) mass is 244 g/mol. The third-order valence-electron chi connectivity index (χ3n) is 2.74. The van der Waals surface area contributed by atoms with Gasteiger partial charge in [-0.2, -0.15) is 5.10 Å². The fourth-order valence-electron chi connectivity index (χ4n) is 1.83. The van der Waals surface area contributed by atoms with Gasteiger partial charge in [-0.25, -0.2) is 0 Å². The van der Waals surface area contributed by atoms with Crippen LogP contribution in [-0.4, -0.2) is 15.7 Å². The maximum absolute atomic E-state index is 12.0. The van der Waals surface area contributed by atoms with Gasteiger partial charge in [0, 0.05) is 31.0 Å². The Morgan fingerprint density at radius 3 is 2.89 bits per heavy atom. The first-order valence-corrected chi connectivity index (χ1v) is 5.68. The molecule has 5 nitrogen and oxygen atoms in total. The summed E-state index contributed by atoms with van der Waals surface area (Å²) in [6.45, 7) is 2.32. The van der Waals surface area contributed by atoms with E-state index in [4.69, 9.17) is 5.73 Å². The zero-order chi connectivity index (χ0) is 13.1. The van der Waals surface area contributed by atoms with Gasteiger partial charge in [0.1, 0.15) is 0 Å². The summed E-state index contributed by atoms with van der Waals surface area (Å²) >= 11 is 0. The molecule has 0 spiro atoms. The molecule has 0 atom stereocenters. The topological polar surface area (TPSA) is 72.9 Å². The molecule has 5 heteroatoms. The highest BCUT2D eigenvalue weighted by Gasteiger charge is 2.12. The molecule has 2 rings (SSSR count). The number of nitrogens with two attached hydrogens (primary N) is 1. The fourth-order valence-corrected chi connectivity index (χ4v) is 1.83. The van der Waals surface area contributed by atoms with Crippen LogP contribution in [0.15, 0.2) is 30.6 Å². The first kappa shape index (κ1) is 12.2. The lowest BCUT2D eigenvalue weighted by Gasteiger charge is -2.09. The van der Waals surface area contributed by atoms with Gasteiger partial charge in [0.15, 0.2) is 0 Å². The first-order chi connectivity index (χ1) is 8.58. The largest absolute Gasteiger partial charge is 0.398 e. The molecule has 0 saturated carbocycles. The van der Waals surface area contributed by atoms with E-state index >= 15 is 0 Å². The summed E-state index contributed by atoms with van der Waals surface area (Å²) < 4.78 is 1.70. The number of hydrogen-bond donors (Lipinski definition) is 2. The van der Waals surface area contributed by atoms with Crippen LogP contribution in [0.5, 0.6) is 0 Å². The number of benzene rings is 1. The molecule has 94 valence electrons. The molecule has 1 aromatic heterocycles. The number of nitrogens with one attached hydrogen (secondary N) is 1. The molecule has 0 radical (unpaired) electrons. The Hall–Kier alpha value is -2.30. The van der Waals surface area contributed by atoms with Crippen molar-refractivity contribution in [3.8, 4) is 0 Å². The normalized spacial score (nSPS) is 10.3. The Bertz CT molecular complexity index is 554. The van der Waals surface area contributed by atoms with Gasteiger partial charge >= 0.3 is 0 Å². The molecule has 0 aliphatic carbocycles. The van der Waals surface area contributed by atoms with Crippen LogP contribution in [-0.2, 0) is 13.6 Å². The molecular weight excluding hydrogens is 228 g/mol. The molecule has 1 aromatic carbocycles. The van der Waals surface area contributed by atoms with E-state index in [-0.39, 0.29) is 5.91 Å². The van der Waals surface area contributed by atoms with Crippen molar-refractivity contribution in [2.45, 2.75) is 13.5 Å². The molecule has 2 aromatic rings. The van der Waals surface area contributed by atoms with Crippen LogP contribution in [0.1, 0.15) is 21.5 Å². The van der Waals surface area contributed by atoms with Crippen molar-refractivity contribution in [2.24, 2.45) is 7.05 Å². The van der Waals surface area contributed by atoms with Gasteiger partial charge in [0.05, 0.1) is 11.8 Å². The molecule has 0 unspecified atom stereocenters. The molecule has 0 bridgehead atoms. The van der Waals surface area contributed by atoms with Crippen molar-refractivity contribution >= 4 is 11.6 Å². The van der Waals surface area contributed by atoms with Crippen LogP contribution >= 0.6 is 0 Å². The summed E-state index contributed by atoms with van der Waals surface area (Å²) in [4.78, 5) is 12.0. The number of carbonyl (C=O) groups is 1. The van der Waals surface area contributed by atoms with Crippen LogP contribution in [0.2, 0.25) is 0 Å². The number of aryl methyl sites for hydroxylation is 2. The Morgan fingerprint density at radius 1 is 1.50 bits per heavy atom. The summed E-state index contributed by atoms with van der Waals surface area (Å²) in [5.74, 6) is -0.158. The van der Waals surface area contributed by atoms with Crippen molar-refractivity contribution < 1.29 is 4.79 Å². The standard InChI is InChI=1S/C13H16N4O/c1-9-4-3-5-11(14)12(9)13(18)15-6-10-7-16-17(2)8-10/h3-5,7-8H,6,14H2,1-2H3,(H,15,18). The molecule has 0 aliphatic rings. The van der Waals surface area contributed by atoms with Crippen molar-refractivity contribution in [3.63, 3.8) is 0 Å². The van der Waals surface area contributed by atoms with Gasteiger partial charge in [-0.3, -0.25) is 9.48 Å². The van der Waals surface area contributed by atoms with Crippen molar-refractivity contribution in [1.82, 2.24) is 15.1 Å². The van der Waals surface area contributed by atoms with Crippen LogP contribution in [0.25, 0.3) is 0 Å². The Labute approximate surface area is 106 Å². The number of nitrogens with zero attached hydrogens (tertiary/aromatic N) is 2. The zero-order valence-electron chi connectivity index (χ0n) is 10.5. The number of amides is 1. The fraction of sp³-hybridized carbons (Fsp3) is 0.231. The maximum Gasteiger partial charge on any atom is 0.253 e. The van der Waals surface area contributed by atoms with Gasteiger partial charge in [0.25, 0.3) is 5.91 Å². The number of anilines is 1.